The Bertz CT molecular complexity index is 441. The average Bonchev–Trinajstić information content (AvgIpc) is 2.42. The highest BCUT2D eigenvalue weighted by Gasteiger charge is 2.00. The fourth-order valence-corrected chi connectivity index (χ4v) is 1.80. The lowest BCUT2D eigenvalue weighted by Crippen LogP contribution is -2.17. The number of rotatable bonds is 2. The van der Waals surface area contributed by atoms with E-state index < -0.39 is 0 Å². The first kappa shape index (κ1) is 9.28. The van der Waals surface area contributed by atoms with Gasteiger partial charge in [-0.3, -0.25) is 0 Å². The number of hydrogen-bond acceptors (Lipinski definition) is 1. The van der Waals surface area contributed by atoms with Crippen molar-refractivity contribution in [1.82, 2.24) is 4.40 Å². The van der Waals surface area contributed by atoms with E-state index in [0.29, 0.717) is 0 Å². The summed E-state index contributed by atoms with van der Waals surface area (Å²) in [5, 5.41) is 0. The fourth-order valence-electron chi connectivity index (χ4n) is 1.80. The lowest BCUT2D eigenvalue weighted by molar-refractivity contribution is 0.737. The van der Waals surface area contributed by atoms with Gasteiger partial charge in [0.2, 0.25) is 0 Å². The molecule has 2 aromatic rings. The highest BCUT2D eigenvalue weighted by atomic mass is 14.8. The van der Waals surface area contributed by atoms with Crippen LogP contribution in [-0.4, -0.2) is 10.4 Å². The van der Waals surface area contributed by atoms with Crippen LogP contribution in [-0.2, 0) is 6.42 Å². The Morgan fingerprint density at radius 2 is 2.21 bits per heavy atom. The largest absolute Gasteiger partial charge is 0.328 e. The van der Waals surface area contributed by atoms with Gasteiger partial charge in [0.25, 0.3) is 0 Å². The maximum Gasteiger partial charge on any atom is 0.0455 e. The van der Waals surface area contributed by atoms with Gasteiger partial charge in [0.15, 0.2) is 0 Å². The molecule has 0 radical (unpaired) electrons. The molecule has 0 aromatic carbocycles. The van der Waals surface area contributed by atoms with Crippen molar-refractivity contribution in [3.05, 3.63) is 41.7 Å². The molecule has 0 spiro atoms. The molecule has 0 aliphatic rings. The third-order valence-corrected chi connectivity index (χ3v) is 2.36. The first-order valence-corrected chi connectivity index (χ1v) is 4.98. The van der Waals surface area contributed by atoms with E-state index >= 15 is 0 Å². The van der Waals surface area contributed by atoms with Crippen molar-refractivity contribution in [3.8, 4) is 0 Å². The summed E-state index contributed by atoms with van der Waals surface area (Å²) in [7, 11) is 0. The zero-order chi connectivity index (χ0) is 10.1. The molecule has 0 saturated carbocycles. The SMILES string of the molecule is Cc1cc2cc(CC(C)N)ccn2c1. The van der Waals surface area contributed by atoms with Gasteiger partial charge in [-0.2, -0.15) is 0 Å². The Hall–Kier alpha value is -1.28. The van der Waals surface area contributed by atoms with Crippen LogP contribution in [0.25, 0.3) is 5.52 Å². The maximum absolute atomic E-state index is 5.77. The van der Waals surface area contributed by atoms with Gasteiger partial charge in [0.1, 0.15) is 0 Å². The van der Waals surface area contributed by atoms with E-state index in [9.17, 15) is 0 Å². The molecule has 2 heterocycles. The normalized spacial score (nSPS) is 13.4. The molecule has 0 aliphatic carbocycles. The summed E-state index contributed by atoms with van der Waals surface area (Å²) in [5.41, 5.74) is 9.62. The molecule has 74 valence electrons. The second-order valence-corrected chi connectivity index (χ2v) is 4.07. The first-order valence-electron chi connectivity index (χ1n) is 4.98. The quantitative estimate of drug-likeness (QED) is 0.769. The molecule has 0 amide bonds. The molecule has 14 heavy (non-hydrogen) atoms. The summed E-state index contributed by atoms with van der Waals surface area (Å²) in [6, 6.07) is 6.75. The van der Waals surface area contributed by atoms with E-state index in [1.54, 1.807) is 0 Å². The predicted molar refractivity (Wildman–Crippen MR) is 59.5 cm³/mol. The summed E-state index contributed by atoms with van der Waals surface area (Å²) < 4.78 is 2.14. The number of fused-ring (bicyclic) bond motifs is 1. The molecule has 0 fully saturated rings. The molecule has 2 rings (SSSR count). The van der Waals surface area contributed by atoms with Gasteiger partial charge in [-0.1, -0.05) is 0 Å². The van der Waals surface area contributed by atoms with E-state index in [1.807, 2.05) is 6.92 Å². The summed E-state index contributed by atoms with van der Waals surface area (Å²) in [4.78, 5) is 0. The third kappa shape index (κ3) is 1.80. The van der Waals surface area contributed by atoms with Gasteiger partial charge in [-0.15, -0.1) is 0 Å². The predicted octanol–water partition coefficient (Wildman–Crippen LogP) is 2.14. The van der Waals surface area contributed by atoms with E-state index in [1.165, 1.54) is 16.6 Å². The van der Waals surface area contributed by atoms with Crippen molar-refractivity contribution >= 4 is 5.52 Å². The highest BCUT2D eigenvalue weighted by Crippen LogP contribution is 2.12. The molecule has 2 aromatic heterocycles. The number of nitrogens with two attached hydrogens (primary N) is 1. The summed E-state index contributed by atoms with van der Waals surface area (Å²) in [6.45, 7) is 4.14. The lowest BCUT2D eigenvalue weighted by Gasteiger charge is -2.05. The van der Waals surface area contributed by atoms with E-state index in [-0.39, 0.29) is 6.04 Å². The Balaban J connectivity index is 2.40. The van der Waals surface area contributed by atoms with Crippen LogP contribution in [0.1, 0.15) is 18.1 Å². The van der Waals surface area contributed by atoms with Gasteiger partial charge < -0.3 is 10.1 Å². The van der Waals surface area contributed by atoms with Crippen LogP contribution in [0, 0.1) is 6.92 Å². The van der Waals surface area contributed by atoms with E-state index in [2.05, 4.69) is 41.9 Å². The summed E-state index contributed by atoms with van der Waals surface area (Å²) >= 11 is 0. The van der Waals surface area contributed by atoms with Crippen LogP contribution in [0.5, 0.6) is 0 Å². The van der Waals surface area contributed by atoms with Crippen molar-refractivity contribution in [2.24, 2.45) is 5.73 Å². The molecular formula is C12H16N2. The zero-order valence-electron chi connectivity index (χ0n) is 8.70. The number of hydrogen-bond donors (Lipinski definition) is 1. The van der Waals surface area contributed by atoms with Crippen molar-refractivity contribution in [2.45, 2.75) is 26.3 Å². The Morgan fingerprint density at radius 1 is 1.43 bits per heavy atom. The van der Waals surface area contributed by atoms with Crippen LogP contribution >= 0.6 is 0 Å². The minimum atomic E-state index is 0.230. The monoisotopic (exact) mass is 188 g/mol. The Morgan fingerprint density at radius 3 is 2.93 bits per heavy atom. The van der Waals surface area contributed by atoms with Crippen molar-refractivity contribution in [2.75, 3.05) is 0 Å². The van der Waals surface area contributed by atoms with Crippen LogP contribution < -0.4 is 5.73 Å². The van der Waals surface area contributed by atoms with Crippen LogP contribution in [0.2, 0.25) is 0 Å². The van der Waals surface area contributed by atoms with Gasteiger partial charge in [0, 0.05) is 24.0 Å². The van der Waals surface area contributed by atoms with E-state index in [0.717, 1.165) is 6.42 Å². The second kappa shape index (κ2) is 3.46. The molecule has 2 N–H and O–H groups in total. The van der Waals surface area contributed by atoms with Crippen molar-refractivity contribution < 1.29 is 0 Å². The van der Waals surface area contributed by atoms with Gasteiger partial charge >= 0.3 is 0 Å². The van der Waals surface area contributed by atoms with Crippen LogP contribution in [0.4, 0.5) is 0 Å². The molecule has 2 nitrogen and oxygen atoms in total. The Kier molecular flexibility index (Phi) is 2.30. The first-order chi connectivity index (χ1) is 6.65. The minimum Gasteiger partial charge on any atom is -0.328 e. The van der Waals surface area contributed by atoms with Crippen LogP contribution in [0.15, 0.2) is 30.6 Å². The number of nitrogens with zero attached hydrogens (tertiary/aromatic N) is 1. The minimum absolute atomic E-state index is 0.230. The highest BCUT2D eigenvalue weighted by molar-refractivity contribution is 5.52. The zero-order valence-corrected chi connectivity index (χ0v) is 8.70. The summed E-state index contributed by atoms with van der Waals surface area (Å²) in [5.74, 6) is 0. The smallest absolute Gasteiger partial charge is 0.0455 e. The third-order valence-electron chi connectivity index (χ3n) is 2.36. The molecule has 1 unspecified atom stereocenters. The molecule has 0 aliphatic heterocycles. The topological polar surface area (TPSA) is 30.4 Å². The standard InChI is InChI=1S/C12H16N2/c1-9-5-12-7-11(6-10(2)13)3-4-14(12)8-9/h3-5,7-8,10H,6,13H2,1-2H3. The maximum atomic E-state index is 5.77. The second-order valence-electron chi connectivity index (χ2n) is 4.07. The molecular weight excluding hydrogens is 172 g/mol. The van der Waals surface area contributed by atoms with Gasteiger partial charge in [-0.25, -0.2) is 0 Å². The van der Waals surface area contributed by atoms with E-state index in [4.69, 9.17) is 5.73 Å². The van der Waals surface area contributed by atoms with Crippen molar-refractivity contribution in [3.63, 3.8) is 0 Å². The van der Waals surface area contributed by atoms with Gasteiger partial charge in [0.05, 0.1) is 0 Å². The van der Waals surface area contributed by atoms with Gasteiger partial charge in [-0.05, 0) is 49.6 Å². The Labute approximate surface area is 84.3 Å². The van der Waals surface area contributed by atoms with Crippen LogP contribution in [0.3, 0.4) is 0 Å². The summed E-state index contributed by atoms with van der Waals surface area (Å²) in [6.07, 6.45) is 5.17. The molecule has 0 bridgehead atoms. The number of pyridine rings is 1. The molecule has 2 heteroatoms. The lowest BCUT2D eigenvalue weighted by atomic mass is 10.1. The molecule has 1 atom stereocenters. The number of aromatic nitrogens is 1. The molecule has 0 saturated heterocycles. The fraction of sp³-hybridized carbons (Fsp3) is 0.333. The number of aryl methyl sites for hydroxylation is 1. The van der Waals surface area contributed by atoms with Crippen molar-refractivity contribution in [1.29, 1.82) is 0 Å². The average molecular weight is 188 g/mol.